The molecule has 0 radical (unpaired) electrons. The summed E-state index contributed by atoms with van der Waals surface area (Å²) in [5.41, 5.74) is 3.43. The predicted molar refractivity (Wildman–Crippen MR) is 119 cm³/mol. The van der Waals surface area contributed by atoms with E-state index in [1.165, 1.54) is 11.1 Å². The first-order chi connectivity index (χ1) is 13.8. The molecule has 0 amide bonds. The summed E-state index contributed by atoms with van der Waals surface area (Å²) in [5, 5.41) is 0. The van der Waals surface area contributed by atoms with Crippen molar-refractivity contribution in [1.29, 1.82) is 0 Å². The molecule has 0 N–H and O–H groups in total. The van der Waals surface area contributed by atoms with Crippen molar-refractivity contribution in [3.05, 3.63) is 90.3 Å². The first kappa shape index (κ1) is 20.7. The van der Waals surface area contributed by atoms with Gasteiger partial charge in [-0.3, -0.25) is 0 Å². The number of hydrogen-bond acceptors (Lipinski definition) is 3. The Morgan fingerprint density at radius 1 is 0.828 bits per heavy atom. The summed E-state index contributed by atoms with van der Waals surface area (Å²) in [6.07, 6.45) is 1.71. The van der Waals surface area contributed by atoms with E-state index in [1.807, 2.05) is 48.5 Å². The van der Waals surface area contributed by atoms with Crippen molar-refractivity contribution in [1.82, 2.24) is 9.55 Å². The van der Waals surface area contributed by atoms with E-state index in [9.17, 15) is 0 Å². The van der Waals surface area contributed by atoms with Crippen molar-refractivity contribution < 1.29 is 9.47 Å². The van der Waals surface area contributed by atoms with Crippen molar-refractivity contribution in [2.45, 2.75) is 19.4 Å². The molecule has 0 unspecified atom stereocenters. The van der Waals surface area contributed by atoms with Crippen LogP contribution in [0.3, 0.4) is 0 Å². The molecule has 150 valence electrons. The van der Waals surface area contributed by atoms with Crippen molar-refractivity contribution in [3.63, 3.8) is 0 Å². The van der Waals surface area contributed by atoms with Crippen LogP contribution in [0, 0.1) is 0 Å². The van der Waals surface area contributed by atoms with Gasteiger partial charge in [-0.2, -0.15) is 0 Å². The molecule has 3 aromatic carbocycles. The fraction of sp³-hybridized carbons (Fsp3) is 0.208. The Kier molecular flexibility index (Phi) is 7.14. The highest BCUT2D eigenvalue weighted by molar-refractivity contribution is 5.85. The van der Waals surface area contributed by atoms with Gasteiger partial charge in [-0.05, 0) is 48.4 Å². The summed E-state index contributed by atoms with van der Waals surface area (Å²) < 4.78 is 13.4. The number of ether oxygens (including phenoxy) is 2. The molecule has 4 rings (SSSR count). The zero-order chi connectivity index (χ0) is 19.2. The number of rotatable bonds is 8. The Balaban J connectivity index is 0.00000240. The SMILES string of the molecule is COc1ccc(Cc2nc3ccccc3n2CCCOc2ccccc2)cc1.Cl. The van der Waals surface area contributed by atoms with E-state index < -0.39 is 0 Å². The van der Waals surface area contributed by atoms with E-state index in [0.717, 1.165) is 42.2 Å². The minimum Gasteiger partial charge on any atom is -0.497 e. The lowest BCUT2D eigenvalue weighted by atomic mass is 10.1. The molecule has 4 aromatic rings. The standard InChI is InChI=1S/C24H24N2O2.ClH/c1-27-20-14-12-19(13-15-20)18-24-25-22-10-5-6-11-23(22)26(24)16-7-17-28-21-8-3-2-4-9-21;/h2-6,8-15H,7,16-18H2,1H3;1H. The zero-order valence-electron chi connectivity index (χ0n) is 16.5. The molecule has 0 atom stereocenters. The summed E-state index contributed by atoms with van der Waals surface area (Å²) in [4.78, 5) is 4.88. The Bertz CT molecular complexity index is 1030. The molecule has 29 heavy (non-hydrogen) atoms. The van der Waals surface area contributed by atoms with E-state index in [1.54, 1.807) is 7.11 Å². The highest BCUT2D eigenvalue weighted by atomic mass is 35.5. The lowest BCUT2D eigenvalue weighted by Crippen LogP contribution is -2.08. The molecule has 1 aromatic heterocycles. The minimum atomic E-state index is 0. The molecule has 0 fully saturated rings. The van der Waals surface area contributed by atoms with E-state index in [2.05, 4.69) is 34.9 Å². The molecule has 0 saturated carbocycles. The van der Waals surface area contributed by atoms with Crippen LogP contribution in [0.5, 0.6) is 11.5 Å². The number of aryl methyl sites for hydroxylation is 1. The van der Waals surface area contributed by atoms with Gasteiger partial charge in [-0.15, -0.1) is 12.4 Å². The molecule has 1 heterocycles. The molecule has 5 heteroatoms. The molecule has 0 aliphatic rings. The highest BCUT2D eigenvalue weighted by Crippen LogP contribution is 2.20. The second kappa shape index (κ2) is 9.99. The van der Waals surface area contributed by atoms with E-state index >= 15 is 0 Å². The number of imidazole rings is 1. The summed E-state index contributed by atoms with van der Waals surface area (Å²) in [7, 11) is 1.69. The Labute approximate surface area is 177 Å². The number of methoxy groups -OCH3 is 1. The van der Waals surface area contributed by atoms with Gasteiger partial charge in [0.25, 0.3) is 0 Å². The summed E-state index contributed by atoms with van der Waals surface area (Å²) in [6, 6.07) is 26.5. The van der Waals surface area contributed by atoms with Crippen LogP contribution < -0.4 is 9.47 Å². The van der Waals surface area contributed by atoms with Gasteiger partial charge in [0, 0.05) is 13.0 Å². The van der Waals surface area contributed by atoms with Crippen LogP contribution in [0.1, 0.15) is 17.8 Å². The van der Waals surface area contributed by atoms with Crippen LogP contribution in [0.15, 0.2) is 78.9 Å². The fourth-order valence-corrected chi connectivity index (χ4v) is 3.37. The Hall–Kier alpha value is -2.98. The normalized spacial score (nSPS) is 10.5. The van der Waals surface area contributed by atoms with Gasteiger partial charge in [0.1, 0.15) is 17.3 Å². The molecule has 0 spiro atoms. The number of para-hydroxylation sites is 3. The van der Waals surface area contributed by atoms with Gasteiger partial charge >= 0.3 is 0 Å². The van der Waals surface area contributed by atoms with Gasteiger partial charge < -0.3 is 14.0 Å². The van der Waals surface area contributed by atoms with Crippen LogP contribution in [0.25, 0.3) is 11.0 Å². The van der Waals surface area contributed by atoms with Gasteiger partial charge in [0.2, 0.25) is 0 Å². The first-order valence-electron chi connectivity index (χ1n) is 9.58. The van der Waals surface area contributed by atoms with Crippen molar-refractivity contribution in [2.75, 3.05) is 13.7 Å². The topological polar surface area (TPSA) is 36.3 Å². The van der Waals surface area contributed by atoms with Crippen LogP contribution in [-0.2, 0) is 13.0 Å². The average molecular weight is 409 g/mol. The lowest BCUT2D eigenvalue weighted by molar-refractivity contribution is 0.302. The number of nitrogens with zero attached hydrogens (tertiary/aromatic N) is 2. The number of halogens is 1. The molecule has 0 saturated heterocycles. The summed E-state index contributed by atoms with van der Waals surface area (Å²) in [5.74, 6) is 2.86. The molecular weight excluding hydrogens is 384 g/mol. The minimum absolute atomic E-state index is 0. The second-order valence-electron chi connectivity index (χ2n) is 6.71. The number of aromatic nitrogens is 2. The third kappa shape index (κ3) is 5.09. The van der Waals surface area contributed by atoms with Crippen LogP contribution in [0.4, 0.5) is 0 Å². The van der Waals surface area contributed by atoms with E-state index in [0.29, 0.717) is 6.61 Å². The van der Waals surface area contributed by atoms with Crippen LogP contribution >= 0.6 is 12.4 Å². The third-order valence-corrected chi connectivity index (χ3v) is 4.79. The van der Waals surface area contributed by atoms with Crippen LogP contribution in [-0.4, -0.2) is 23.3 Å². The molecule has 0 bridgehead atoms. The van der Waals surface area contributed by atoms with E-state index in [-0.39, 0.29) is 12.4 Å². The van der Waals surface area contributed by atoms with E-state index in [4.69, 9.17) is 14.5 Å². The van der Waals surface area contributed by atoms with Crippen molar-refractivity contribution >= 4 is 23.4 Å². The largest absolute Gasteiger partial charge is 0.497 e. The number of hydrogen-bond donors (Lipinski definition) is 0. The van der Waals surface area contributed by atoms with Crippen molar-refractivity contribution in [3.8, 4) is 11.5 Å². The molecule has 4 nitrogen and oxygen atoms in total. The molecule has 0 aliphatic heterocycles. The summed E-state index contributed by atoms with van der Waals surface area (Å²) >= 11 is 0. The fourth-order valence-electron chi connectivity index (χ4n) is 3.37. The monoisotopic (exact) mass is 408 g/mol. The number of fused-ring (bicyclic) bond motifs is 1. The zero-order valence-corrected chi connectivity index (χ0v) is 17.3. The number of benzene rings is 3. The molecular formula is C24H25ClN2O2. The quantitative estimate of drug-likeness (QED) is 0.360. The average Bonchev–Trinajstić information content (AvgIpc) is 3.09. The third-order valence-electron chi connectivity index (χ3n) is 4.79. The lowest BCUT2D eigenvalue weighted by Gasteiger charge is -2.11. The smallest absolute Gasteiger partial charge is 0.119 e. The summed E-state index contributed by atoms with van der Waals surface area (Å²) in [6.45, 7) is 1.55. The van der Waals surface area contributed by atoms with Crippen molar-refractivity contribution in [2.24, 2.45) is 0 Å². The van der Waals surface area contributed by atoms with Gasteiger partial charge in [-0.1, -0.05) is 42.5 Å². The predicted octanol–water partition coefficient (Wildman–Crippen LogP) is 5.53. The first-order valence-corrected chi connectivity index (χ1v) is 9.58. The Morgan fingerprint density at radius 3 is 2.31 bits per heavy atom. The maximum atomic E-state index is 5.85. The maximum absolute atomic E-state index is 5.85. The van der Waals surface area contributed by atoms with Gasteiger partial charge in [-0.25, -0.2) is 4.98 Å². The maximum Gasteiger partial charge on any atom is 0.119 e. The van der Waals surface area contributed by atoms with Gasteiger partial charge in [0.15, 0.2) is 0 Å². The highest BCUT2D eigenvalue weighted by Gasteiger charge is 2.11. The Morgan fingerprint density at radius 2 is 1.55 bits per heavy atom. The molecule has 0 aliphatic carbocycles. The van der Waals surface area contributed by atoms with Gasteiger partial charge in [0.05, 0.1) is 24.8 Å². The second-order valence-corrected chi connectivity index (χ2v) is 6.71. The van der Waals surface area contributed by atoms with Crippen LogP contribution in [0.2, 0.25) is 0 Å².